The molecule has 2 aliphatic rings. The second kappa shape index (κ2) is 9.11. The SMILES string of the molecule is Nc1c(NCCC2=CCCCC2)ncnc1N1CCN(c2ccc(F)cc2)CC1. The highest BCUT2D eigenvalue weighted by atomic mass is 19.1. The fourth-order valence-electron chi connectivity index (χ4n) is 4.08. The number of nitrogens with one attached hydrogen (secondary N) is 1. The fourth-order valence-corrected chi connectivity index (χ4v) is 4.08. The molecule has 0 radical (unpaired) electrons. The summed E-state index contributed by atoms with van der Waals surface area (Å²) in [5, 5.41) is 3.39. The molecule has 0 amide bonds. The summed E-state index contributed by atoms with van der Waals surface area (Å²) in [6.07, 6.45) is 10.0. The van der Waals surface area contributed by atoms with Crippen molar-refractivity contribution in [3.63, 3.8) is 0 Å². The minimum absolute atomic E-state index is 0.207. The van der Waals surface area contributed by atoms with Crippen molar-refractivity contribution in [1.29, 1.82) is 0 Å². The van der Waals surface area contributed by atoms with E-state index in [-0.39, 0.29) is 5.82 Å². The molecular formula is C22H29FN6. The summed E-state index contributed by atoms with van der Waals surface area (Å²) in [6, 6.07) is 6.67. The van der Waals surface area contributed by atoms with E-state index in [4.69, 9.17) is 5.73 Å². The van der Waals surface area contributed by atoms with Crippen LogP contribution in [0, 0.1) is 5.82 Å². The number of hydrogen-bond acceptors (Lipinski definition) is 6. The summed E-state index contributed by atoms with van der Waals surface area (Å²) in [6.45, 7) is 4.14. The number of nitrogens with zero attached hydrogens (tertiary/aromatic N) is 4. The normalized spacial score (nSPS) is 17.2. The number of nitrogen functional groups attached to an aromatic ring is 1. The number of piperazine rings is 1. The lowest BCUT2D eigenvalue weighted by molar-refractivity contribution is 0.624. The molecule has 1 aliphatic heterocycles. The Balaban J connectivity index is 1.35. The van der Waals surface area contributed by atoms with Gasteiger partial charge in [0.15, 0.2) is 11.6 Å². The van der Waals surface area contributed by atoms with Gasteiger partial charge in [-0.15, -0.1) is 0 Å². The molecule has 1 fully saturated rings. The van der Waals surface area contributed by atoms with E-state index in [1.807, 2.05) is 12.1 Å². The van der Waals surface area contributed by atoms with Gasteiger partial charge in [-0.25, -0.2) is 14.4 Å². The van der Waals surface area contributed by atoms with Gasteiger partial charge in [0.05, 0.1) is 0 Å². The number of nitrogens with two attached hydrogens (primary N) is 1. The van der Waals surface area contributed by atoms with Crippen molar-refractivity contribution in [2.45, 2.75) is 32.1 Å². The van der Waals surface area contributed by atoms with E-state index in [0.29, 0.717) is 11.5 Å². The second-order valence-corrected chi connectivity index (χ2v) is 7.70. The average molecular weight is 397 g/mol. The summed E-state index contributed by atoms with van der Waals surface area (Å²) < 4.78 is 13.1. The first-order valence-corrected chi connectivity index (χ1v) is 10.5. The first-order chi connectivity index (χ1) is 14.2. The molecule has 1 saturated heterocycles. The highest BCUT2D eigenvalue weighted by Gasteiger charge is 2.21. The smallest absolute Gasteiger partial charge is 0.157 e. The lowest BCUT2D eigenvalue weighted by Gasteiger charge is -2.37. The molecule has 0 atom stereocenters. The van der Waals surface area contributed by atoms with Crippen molar-refractivity contribution in [2.24, 2.45) is 0 Å². The maximum atomic E-state index is 13.1. The number of hydrogen-bond donors (Lipinski definition) is 2. The van der Waals surface area contributed by atoms with Crippen molar-refractivity contribution >= 4 is 23.0 Å². The van der Waals surface area contributed by atoms with Crippen LogP contribution in [0.2, 0.25) is 0 Å². The Morgan fingerprint density at radius 1 is 1.00 bits per heavy atom. The quantitative estimate of drug-likeness (QED) is 0.724. The summed E-state index contributed by atoms with van der Waals surface area (Å²) in [4.78, 5) is 13.2. The lowest BCUT2D eigenvalue weighted by Crippen LogP contribution is -2.47. The van der Waals surface area contributed by atoms with Crippen molar-refractivity contribution in [1.82, 2.24) is 9.97 Å². The third kappa shape index (κ3) is 4.78. The monoisotopic (exact) mass is 396 g/mol. The second-order valence-electron chi connectivity index (χ2n) is 7.70. The third-order valence-electron chi connectivity index (χ3n) is 5.76. The molecule has 7 heteroatoms. The number of halogens is 1. The van der Waals surface area contributed by atoms with Crippen molar-refractivity contribution in [2.75, 3.05) is 53.6 Å². The van der Waals surface area contributed by atoms with Crippen LogP contribution in [0.5, 0.6) is 0 Å². The number of aromatic nitrogens is 2. The molecule has 1 aromatic heterocycles. The molecule has 0 saturated carbocycles. The maximum absolute atomic E-state index is 13.1. The zero-order chi connectivity index (χ0) is 20.1. The maximum Gasteiger partial charge on any atom is 0.157 e. The Labute approximate surface area is 171 Å². The molecule has 2 heterocycles. The molecule has 0 unspecified atom stereocenters. The van der Waals surface area contributed by atoms with E-state index < -0.39 is 0 Å². The van der Waals surface area contributed by atoms with Crippen LogP contribution in [0.1, 0.15) is 32.1 Å². The Morgan fingerprint density at radius 2 is 1.76 bits per heavy atom. The minimum Gasteiger partial charge on any atom is -0.393 e. The molecule has 3 N–H and O–H groups in total. The van der Waals surface area contributed by atoms with Crippen LogP contribution in [0.4, 0.5) is 27.4 Å². The Morgan fingerprint density at radius 3 is 2.48 bits per heavy atom. The van der Waals surface area contributed by atoms with Crippen molar-refractivity contribution in [3.05, 3.63) is 48.1 Å². The Kier molecular flexibility index (Phi) is 6.12. The van der Waals surface area contributed by atoms with Gasteiger partial charge in [-0.2, -0.15) is 0 Å². The zero-order valence-electron chi connectivity index (χ0n) is 16.8. The Bertz CT molecular complexity index is 843. The number of benzene rings is 1. The molecule has 0 bridgehead atoms. The molecule has 1 aromatic carbocycles. The summed E-state index contributed by atoms with van der Waals surface area (Å²) >= 11 is 0. The summed E-state index contributed by atoms with van der Waals surface area (Å²) in [7, 11) is 0. The lowest BCUT2D eigenvalue weighted by atomic mass is 9.97. The number of anilines is 4. The van der Waals surface area contributed by atoms with Gasteiger partial charge in [0, 0.05) is 38.4 Å². The van der Waals surface area contributed by atoms with Crippen molar-refractivity contribution < 1.29 is 4.39 Å². The van der Waals surface area contributed by atoms with E-state index in [9.17, 15) is 4.39 Å². The molecule has 29 heavy (non-hydrogen) atoms. The average Bonchev–Trinajstić information content (AvgIpc) is 2.76. The van der Waals surface area contributed by atoms with Gasteiger partial charge in [0.25, 0.3) is 0 Å². The summed E-state index contributed by atoms with van der Waals surface area (Å²) in [5.74, 6) is 1.30. The van der Waals surface area contributed by atoms with Crippen LogP contribution in [-0.2, 0) is 0 Å². The highest BCUT2D eigenvalue weighted by Crippen LogP contribution is 2.28. The topological polar surface area (TPSA) is 70.3 Å². The van der Waals surface area contributed by atoms with Gasteiger partial charge in [-0.3, -0.25) is 0 Å². The van der Waals surface area contributed by atoms with Crippen LogP contribution in [0.15, 0.2) is 42.2 Å². The standard InChI is InChI=1S/C22H29FN6/c23-18-6-8-19(9-7-18)28-12-14-29(15-13-28)22-20(24)21(26-16-27-22)25-11-10-17-4-2-1-3-5-17/h4,6-9,16H,1-3,5,10-15,24H2,(H,25,26,27). The van der Waals surface area contributed by atoms with Crippen LogP contribution in [-0.4, -0.2) is 42.7 Å². The summed E-state index contributed by atoms with van der Waals surface area (Å²) in [5.41, 5.74) is 9.59. The van der Waals surface area contributed by atoms with Gasteiger partial charge in [0.2, 0.25) is 0 Å². The van der Waals surface area contributed by atoms with Gasteiger partial charge >= 0.3 is 0 Å². The molecular weight excluding hydrogens is 367 g/mol. The third-order valence-corrected chi connectivity index (χ3v) is 5.76. The van der Waals surface area contributed by atoms with Gasteiger partial charge < -0.3 is 20.9 Å². The highest BCUT2D eigenvalue weighted by molar-refractivity contribution is 5.75. The van der Waals surface area contributed by atoms with E-state index in [2.05, 4.69) is 31.2 Å². The van der Waals surface area contributed by atoms with Gasteiger partial charge in [0.1, 0.15) is 17.8 Å². The van der Waals surface area contributed by atoms with E-state index in [1.165, 1.54) is 43.4 Å². The molecule has 4 rings (SSSR count). The van der Waals surface area contributed by atoms with E-state index in [0.717, 1.165) is 50.6 Å². The molecule has 0 spiro atoms. The molecule has 6 nitrogen and oxygen atoms in total. The predicted octanol–water partition coefficient (Wildman–Crippen LogP) is 3.83. The number of rotatable bonds is 6. The van der Waals surface area contributed by atoms with E-state index in [1.54, 1.807) is 6.33 Å². The predicted molar refractivity (Wildman–Crippen MR) is 117 cm³/mol. The van der Waals surface area contributed by atoms with Crippen molar-refractivity contribution in [3.8, 4) is 0 Å². The first kappa shape index (κ1) is 19.5. The van der Waals surface area contributed by atoms with Gasteiger partial charge in [-0.05, 0) is 56.4 Å². The van der Waals surface area contributed by atoms with Crippen LogP contribution in [0.25, 0.3) is 0 Å². The molecule has 154 valence electrons. The number of allylic oxidation sites excluding steroid dienone is 1. The largest absolute Gasteiger partial charge is 0.393 e. The van der Waals surface area contributed by atoms with Crippen LogP contribution in [0.3, 0.4) is 0 Å². The Hall–Kier alpha value is -2.83. The van der Waals surface area contributed by atoms with E-state index >= 15 is 0 Å². The zero-order valence-corrected chi connectivity index (χ0v) is 16.8. The molecule has 1 aliphatic carbocycles. The minimum atomic E-state index is -0.207. The van der Waals surface area contributed by atoms with Crippen LogP contribution >= 0.6 is 0 Å². The first-order valence-electron chi connectivity index (χ1n) is 10.5. The fraction of sp³-hybridized carbons (Fsp3) is 0.455. The van der Waals surface area contributed by atoms with Crippen LogP contribution < -0.4 is 20.9 Å². The molecule has 2 aromatic rings. The van der Waals surface area contributed by atoms with Gasteiger partial charge in [-0.1, -0.05) is 11.6 Å².